The number of rotatable bonds is 5. The van der Waals surface area contributed by atoms with Gasteiger partial charge in [0.05, 0.1) is 18.4 Å². The average molecular weight is 362 g/mol. The second kappa shape index (κ2) is 8.63. The van der Waals surface area contributed by atoms with Crippen molar-refractivity contribution in [1.29, 1.82) is 0 Å². The second-order valence-electron chi connectivity index (χ2n) is 6.32. The Morgan fingerprint density at radius 2 is 2.04 bits per heavy atom. The number of aromatic nitrogens is 1. The predicted octanol–water partition coefficient (Wildman–Crippen LogP) is 2.25. The molecule has 1 N–H and O–H groups in total. The van der Waals surface area contributed by atoms with Crippen LogP contribution in [0.15, 0.2) is 48.7 Å². The third-order valence-corrected chi connectivity index (χ3v) is 4.76. The van der Waals surface area contributed by atoms with Crippen LogP contribution in [0.5, 0.6) is 5.75 Å². The fourth-order valence-corrected chi connectivity index (χ4v) is 3.49. The van der Waals surface area contributed by atoms with Crippen LogP contribution >= 0.6 is 12.4 Å². The molecule has 134 valence electrons. The van der Waals surface area contributed by atoms with E-state index in [0.29, 0.717) is 18.8 Å². The van der Waals surface area contributed by atoms with Gasteiger partial charge in [-0.3, -0.25) is 9.88 Å². The molecule has 2 saturated heterocycles. The van der Waals surface area contributed by atoms with Crippen LogP contribution in [0.3, 0.4) is 0 Å². The van der Waals surface area contributed by atoms with Crippen molar-refractivity contribution in [2.24, 2.45) is 0 Å². The normalized spacial score (nSPS) is 22.9. The fraction of sp³-hybridized carbons (Fsp3) is 0.421. The van der Waals surface area contributed by atoms with Crippen LogP contribution in [0, 0.1) is 0 Å². The van der Waals surface area contributed by atoms with Crippen LogP contribution in [0.1, 0.15) is 11.3 Å². The van der Waals surface area contributed by atoms with Gasteiger partial charge in [0.1, 0.15) is 12.4 Å². The molecule has 0 bridgehead atoms. The first-order valence-electron chi connectivity index (χ1n) is 8.57. The Balaban J connectivity index is 0.00000182. The number of para-hydroxylation sites is 1. The molecular formula is C19H24ClN3O2. The fourth-order valence-electron chi connectivity index (χ4n) is 3.49. The van der Waals surface area contributed by atoms with Crippen molar-refractivity contribution >= 4 is 12.4 Å². The number of halogens is 1. The number of pyridine rings is 1. The van der Waals surface area contributed by atoms with Crippen LogP contribution in [-0.2, 0) is 17.9 Å². The zero-order valence-corrected chi connectivity index (χ0v) is 15.0. The second-order valence-corrected chi connectivity index (χ2v) is 6.32. The minimum atomic E-state index is 0. The van der Waals surface area contributed by atoms with Gasteiger partial charge < -0.3 is 14.8 Å². The SMILES string of the molecule is Cl.c1ccc(COc2ccccc2CN2CCO[C@H]3CNC[C@H]32)nc1. The van der Waals surface area contributed by atoms with Crippen LogP contribution in [0.25, 0.3) is 0 Å². The molecule has 0 amide bonds. The van der Waals surface area contributed by atoms with E-state index in [1.807, 2.05) is 30.3 Å². The van der Waals surface area contributed by atoms with E-state index >= 15 is 0 Å². The number of hydrogen-bond acceptors (Lipinski definition) is 5. The molecule has 0 aliphatic carbocycles. The van der Waals surface area contributed by atoms with E-state index in [-0.39, 0.29) is 12.4 Å². The Bertz CT molecular complexity index is 671. The van der Waals surface area contributed by atoms with Crippen molar-refractivity contribution in [2.45, 2.75) is 25.3 Å². The van der Waals surface area contributed by atoms with Gasteiger partial charge in [0, 0.05) is 44.0 Å². The third-order valence-electron chi connectivity index (χ3n) is 4.76. The van der Waals surface area contributed by atoms with E-state index in [2.05, 4.69) is 27.3 Å². The molecule has 2 aromatic rings. The Hall–Kier alpha value is -1.66. The summed E-state index contributed by atoms with van der Waals surface area (Å²) in [6, 6.07) is 14.6. The van der Waals surface area contributed by atoms with Crippen molar-refractivity contribution in [2.75, 3.05) is 26.2 Å². The van der Waals surface area contributed by atoms with Gasteiger partial charge in [0.15, 0.2) is 0 Å². The van der Waals surface area contributed by atoms with Crippen LogP contribution in [0.4, 0.5) is 0 Å². The number of nitrogens with zero attached hydrogens (tertiary/aromatic N) is 2. The van der Waals surface area contributed by atoms with E-state index in [1.165, 1.54) is 5.56 Å². The lowest BCUT2D eigenvalue weighted by Gasteiger charge is -2.37. The minimum absolute atomic E-state index is 0. The van der Waals surface area contributed by atoms with E-state index in [4.69, 9.17) is 9.47 Å². The standard InChI is InChI=1S/C19H23N3O2.ClH/c1-2-7-18(24-14-16-6-3-4-8-21-16)15(5-1)13-22-9-10-23-19-12-20-11-17(19)22;/h1-8,17,19-20H,9-14H2;1H/t17-,19+;/m1./s1. The molecule has 4 rings (SSSR count). The van der Waals surface area contributed by atoms with Gasteiger partial charge >= 0.3 is 0 Å². The Kier molecular flexibility index (Phi) is 6.26. The van der Waals surface area contributed by atoms with Gasteiger partial charge in [0.2, 0.25) is 0 Å². The van der Waals surface area contributed by atoms with Crippen LogP contribution in [-0.4, -0.2) is 48.3 Å². The van der Waals surface area contributed by atoms with Gasteiger partial charge in [-0.2, -0.15) is 0 Å². The maximum atomic E-state index is 6.04. The number of hydrogen-bond donors (Lipinski definition) is 1. The molecule has 2 fully saturated rings. The van der Waals surface area contributed by atoms with Gasteiger partial charge in [-0.15, -0.1) is 12.4 Å². The van der Waals surface area contributed by atoms with Crippen molar-refractivity contribution in [1.82, 2.24) is 15.2 Å². The molecule has 0 spiro atoms. The summed E-state index contributed by atoms with van der Waals surface area (Å²) in [5, 5.41) is 3.44. The number of fused-ring (bicyclic) bond motifs is 1. The van der Waals surface area contributed by atoms with Crippen molar-refractivity contribution in [3.8, 4) is 5.75 Å². The summed E-state index contributed by atoms with van der Waals surface area (Å²) < 4.78 is 11.9. The monoisotopic (exact) mass is 361 g/mol. The maximum Gasteiger partial charge on any atom is 0.130 e. The van der Waals surface area contributed by atoms with Gasteiger partial charge in [-0.1, -0.05) is 24.3 Å². The summed E-state index contributed by atoms with van der Waals surface area (Å²) in [6.07, 6.45) is 2.12. The zero-order chi connectivity index (χ0) is 16.2. The first-order valence-corrected chi connectivity index (χ1v) is 8.57. The summed E-state index contributed by atoms with van der Waals surface area (Å²) >= 11 is 0. The van der Waals surface area contributed by atoms with Crippen LogP contribution < -0.4 is 10.1 Å². The lowest BCUT2D eigenvalue weighted by Crippen LogP contribution is -2.50. The third kappa shape index (κ3) is 4.30. The lowest BCUT2D eigenvalue weighted by atomic mass is 10.1. The quantitative estimate of drug-likeness (QED) is 0.885. The molecule has 25 heavy (non-hydrogen) atoms. The van der Waals surface area contributed by atoms with Crippen LogP contribution in [0.2, 0.25) is 0 Å². The van der Waals surface area contributed by atoms with Gasteiger partial charge in [-0.25, -0.2) is 0 Å². The molecule has 5 nitrogen and oxygen atoms in total. The molecule has 0 saturated carbocycles. The minimum Gasteiger partial charge on any atom is -0.487 e. The number of ether oxygens (including phenoxy) is 2. The predicted molar refractivity (Wildman–Crippen MR) is 99.1 cm³/mol. The van der Waals surface area contributed by atoms with Crippen molar-refractivity contribution < 1.29 is 9.47 Å². The molecule has 0 radical (unpaired) electrons. The average Bonchev–Trinajstić information content (AvgIpc) is 3.12. The smallest absolute Gasteiger partial charge is 0.130 e. The van der Waals surface area contributed by atoms with Gasteiger partial charge in [-0.05, 0) is 18.2 Å². The molecule has 3 heterocycles. The maximum absolute atomic E-state index is 6.04. The lowest BCUT2D eigenvalue weighted by molar-refractivity contribution is -0.0502. The molecule has 2 aliphatic heterocycles. The summed E-state index contributed by atoms with van der Waals surface area (Å²) in [5.74, 6) is 0.942. The van der Waals surface area contributed by atoms with Crippen molar-refractivity contribution in [3.63, 3.8) is 0 Å². The zero-order valence-electron chi connectivity index (χ0n) is 14.1. The molecule has 1 aromatic heterocycles. The summed E-state index contributed by atoms with van der Waals surface area (Å²) in [4.78, 5) is 6.83. The van der Waals surface area contributed by atoms with Gasteiger partial charge in [0.25, 0.3) is 0 Å². The first-order chi connectivity index (χ1) is 11.9. The van der Waals surface area contributed by atoms with E-state index in [0.717, 1.165) is 44.2 Å². The largest absolute Gasteiger partial charge is 0.487 e. The first kappa shape index (κ1) is 18.1. The highest BCUT2D eigenvalue weighted by atomic mass is 35.5. The highest BCUT2D eigenvalue weighted by Gasteiger charge is 2.36. The molecule has 2 atom stereocenters. The highest BCUT2D eigenvalue weighted by molar-refractivity contribution is 5.85. The van der Waals surface area contributed by atoms with Crippen molar-refractivity contribution in [3.05, 3.63) is 59.9 Å². The molecule has 1 aromatic carbocycles. The Morgan fingerprint density at radius 1 is 1.16 bits per heavy atom. The highest BCUT2D eigenvalue weighted by Crippen LogP contribution is 2.25. The summed E-state index contributed by atoms with van der Waals surface area (Å²) in [6.45, 7) is 5.12. The van der Waals surface area contributed by atoms with E-state index < -0.39 is 0 Å². The molecular weight excluding hydrogens is 338 g/mol. The molecule has 6 heteroatoms. The summed E-state index contributed by atoms with van der Waals surface area (Å²) in [5.41, 5.74) is 2.17. The molecule has 2 aliphatic rings. The molecule has 0 unspecified atom stereocenters. The number of nitrogens with one attached hydrogen (secondary N) is 1. The number of benzene rings is 1. The van der Waals surface area contributed by atoms with E-state index in [1.54, 1.807) is 6.20 Å². The Labute approximate surface area is 154 Å². The topological polar surface area (TPSA) is 46.6 Å². The summed E-state index contributed by atoms with van der Waals surface area (Å²) in [7, 11) is 0. The number of morpholine rings is 1. The van der Waals surface area contributed by atoms with E-state index in [9.17, 15) is 0 Å². The Morgan fingerprint density at radius 3 is 2.92 bits per heavy atom.